The lowest BCUT2D eigenvalue weighted by Crippen LogP contribution is -1.91. The van der Waals surface area contributed by atoms with Crippen molar-refractivity contribution in [1.82, 2.24) is 0 Å². The van der Waals surface area contributed by atoms with E-state index in [0.717, 1.165) is 10.5 Å². The fourth-order valence-electron chi connectivity index (χ4n) is 1.53. The van der Waals surface area contributed by atoms with E-state index in [0.29, 0.717) is 11.6 Å². The molecule has 0 amide bonds. The number of halogens is 2. The minimum atomic E-state index is -0.399. The molecule has 4 heteroatoms. The van der Waals surface area contributed by atoms with Gasteiger partial charge in [0.15, 0.2) is 11.6 Å². The Hall–Kier alpha value is -1.19. The fourth-order valence-corrected chi connectivity index (χ4v) is 2.22. The van der Waals surface area contributed by atoms with Crippen LogP contribution in [0.15, 0.2) is 47.4 Å². The molecule has 0 radical (unpaired) electrons. The van der Waals surface area contributed by atoms with Crippen LogP contribution >= 0.6 is 23.4 Å². The summed E-state index contributed by atoms with van der Waals surface area (Å²) in [7, 11) is 0. The smallest absolute Gasteiger partial charge is 0.166 e. The van der Waals surface area contributed by atoms with Crippen LogP contribution in [0.2, 0.25) is 0 Å². The molecule has 1 nitrogen and oxygen atoms in total. The highest BCUT2D eigenvalue weighted by atomic mass is 35.5. The van der Waals surface area contributed by atoms with Crippen molar-refractivity contribution in [3.8, 4) is 11.5 Å². The van der Waals surface area contributed by atoms with Crippen molar-refractivity contribution in [1.29, 1.82) is 0 Å². The van der Waals surface area contributed by atoms with Gasteiger partial charge in [0.25, 0.3) is 0 Å². The number of benzene rings is 2. The normalized spacial score (nSPS) is 10.4. The van der Waals surface area contributed by atoms with Crippen LogP contribution in [0, 0.1) is 5.82 Å². The first-order valence-electron chi connectivity index (χ1n) is 5.40. The second kappa shape index (κ2) is 6.12. The first-order valence-corrected chi connectivity index (χ1v) is 7.16. The van der Waals surface area contributed by atoms with E-state index in [-0.39, 0.29) is 5.75 Å². The average Bonchev–Trinajstić information content (AvgIpc) is 2.41. The summed E-state index contributed by atoms with van der Waals surface area (Å²) in [6.07, 6.45) is 1.95. The second-order valence-corrected chi connectivity index (χ2v) is 4.77. The van der Waals surface area contributed by atoms with Gasteiger partial charge in [-0.15, -0.1) is 23.4 Å². The summed E-state index contributed by atoms with van der Waals surface area (Å²) < 4.78 is 19.4. The molecule has 18 heavy (non-hydrogen) atoms. The molecule has 2 aromatic rings. The number of ether oxygens (including phenoxy) is 1. The molecular weight excluding hydrogens is 271 g/mol. The van der Waals surface area contributed by atoms with Gasteiger partial charge in [-0.2, -0.15) is 0 Å². The molecule has 0 aliphatic carbocycles. The molecule has 0 unspecified atom stereocenters. The largest absolute Gasteiger partial charge is 0.453 e. The first-order chi connectivity index (χ1) is 8.74. The lowest BCUT2D eigenvalue weighted by Gasteiger charge is -2.10. The second-order valence-electron chi connectivity index (χ2n) is 3.65. The number of thioether (sulfide) groups is 1. The van der Waals surface area contributed by atoms with Gasteiger partial charge in [0, 0.05) is 10.8 Å². The van der Waals surface area contributed by atoms with Crippen LogP contribution in [0.1, 0.15) is 5.56 Å². The molecule has 0 saturated carbocycles. The van der Waals surface area contributed by atoms with Crippen LogP contribution in [0.5, 0.6) is 11.5 Å². The fraction of sp³-hybridized carbons (Fsp3) is 0.143. The molecule has 0 atom stereocenters. The van der Waals surface area contributed by atoms with E-state index >= 15 is 0 Å². The van der Waals surface area contributed by atoms with Crippen LogP contribution in [0.25, 0.3) is 0 Å². The summed E-state index contributed by atoms with van der Waals surface area (Å²) in [5, 5.41) is 0. The van der Waals surface area contributed by atoms with Gasteiger partial charge in [0.2, 0.25) is 0 Å². The van der Waals surface area contributed by atoms with E-state index < -0.39 is 5.82 Å². The summed E-state index contributed by atoms with van der Waals surface area (Å²) in [5.74, 6) is 0.760. The Morgan fingerprint density at radius 1 is 1.17 bits per heavy atom. The highest BCUT2D eigenvalue weighted by Gasteiger charge is 2.08. The minimum absolute atomic E-state index is 0.213. The maximum atomic E-state index is 13.8. The third-order valence-electron chi connectivity index (χ3n) is 2.44. The zero-order valence-electron chi connectivity index (χ0n) is 9.82. The molecule has 2 aromatic carbocycles. The molecule has 0 heterocycles. The standard InChI is InChI=1S/C14H12ClFOS/c1-18-14-5-3-2-4-13(14)17-12-7-6-10(9-15)8-11(12)16/h2-8H,9H2,1H3. The number of hydrogen-bond donors (Lipinski definition) is 0. The topological polar surface area (TPSA) is 9.23 Å². The Bertz CT molecular complexity index is 545. The molecule has 2 rings (SSSR count). The van der Waals surface area contributed by atoms with Gasteiger partial charge >= 0.3 is 0 Å². The van der Waals surface area contributed by atoms with E-state index in [1.807, 2.05) is 30.5 Å². The summed E-state index contributed by atoms with van der Waals surface area (Å²) in [5.41, 5.74) is 0.736. The molecule has 0 spiro atoms. The van der Waals surface area contributed by atoms with Crippen molar-refractivity contribution in [2.24, 2.45) is 0 Å². The summed E-state index contributed by atoms with van der Waals surface area (Å²) >= 11 is 7.21. The summed E-state index contributed by atoms with van der Waals surface area (Å²) in [4.78, 5) is 0.971. The van der Waals surface area contributed by atoms with Crippen molar-refractivity contribution in [2.45, 2.75) is 10.8 Å². The van der Waals surface area contributed by atoms with Gasteiger partial charge in [-0.1, -0.05) is 18.2 Å². The van der Waals surface area contributed by atoms with E-state index in [2.05, 4.69) is 0 Å². The molecule has 0 aliphatic heterocycles. The maximum Gasteiger partial charge on any atom is 0.166 e. The molecule has 0 aliphatic rings. The van der Waals surface area contributed by atoms with E-state index in [9.17, 15) is 4.39 Å². The van der Waals surface area contributed by atoms with Crippen molar-refractivity contribution in [3.63, 3.8) is 0 Å². The highest BCUT2D eigenvalue weighted by Crippen LogP contribution is 2.32. The molecule has 0 saturated heterocycles. The molecule has 0 fully saturated rings. The van der Waals surface area contributed by atoms with Crippen LogP contribution < -0.4 is 4.74 Å². The predicted octanol–water partition coefficient (Wildman–Crippen LogP) is 5.08. The Balaban J connectivity index is 2.28. The van der Waals surface area contributed by atoms with E-state index in [4.69, 9.17) is 16.3 Å². The van der Waals surface area contributed by atoms with E-state index in [1.165, 1.54) is 6.07 Å². The van der Waals surface area contributed by atoms with Crippen molar-refractivity contribution < 1.29 is 9.13 Å². The van der Waals surface area contributed by atoms with E-state index in [1.54, 1.807) is 23.9 Å². The molecule has 0 aromatic heterocycles. The summed E-state index contributed by atoms with van der Waals surface area (Å²) in [6, 6.07) is 12.3. The average molecular weight is 283 g/mol. The zero-order valence-corrected chi connectivity index (χ0v) is 11.4. The van der Waals surface area contributed by atoms with Gasteiger partial charge < -0.3 is 4.74 Å². The predicted molar refractivity (Wildman–Crippen MR) is 74.3 cm³/mol. The quantitative estimate of drug-likeness (QED) is 0.571. The first kappa shape index (κ1) is 13.2. The number of hydrogen-bond acceptors (Lipinski definition) is 2. The Morgan fingerprint density at radius 2 is 1.94 bits per heavy atom. The zero-order chi connectivity index (χ0) is 13.0. The SMILES string of the molecule is CSc1ccccc1Oc1ccc(CCl)cc1F. The lowest BCUT2D eigenvalue weighted by molar-refractivity contribution is 0.433. The summed E-state index contributed by atoms with van der Waals surface area (Å²) in [6.45, 7) is 0. The third kappa shape index (κ3) is 2.98. The van der Waals surface area contributed by atoms with Gasteiger partial charge in [-0.05, 0) is 36.1 Å². The van der Waals surface area contributed by atoms with Gasteiger partial charge in [-0.25, -0.2) is 4.39 Å². The van der Waals surface area contributed by atoms with Gasteiger partial charge in [0.05, 0.1) is 0 Å². The Labute approximate surface area is 115 Å². The maximum absolute atomic E-state index is 13.8. The number of para-hydroxylation sites is 1. The van der Waals surface area contributed by atoms with Crippen molar-refractivity contribution in [2.75, 3.05) is 6.26 Å². The van der Waals surface area contributed by atoms with Crippen LogP contribution in [0.4, 0.5) is 4.39 Å². The monoisotopic (exact) mass is 282 g/mol. The van der Waals surface area contributed by atoms with Crippen LogP contribution in [-0.2, 0) is 5.88 Å². The molecular formula is C14H12ClFOS. The molecule has 94 valence electrons. The Kier molecular flexibility index (Phi) is 4.50. The highest BCUT2D eigenvalue weighted by molar-refractivity contribution is 7.98. The lowest BCUT2D eigenvalue weighted by atomic mass is 10.2. The molecule has 0 bridgehead atoms. The van der Waals surface area contributed by atoms with Gasteiger partial charge in [-0.3, -0.25) is 0 Å². The Morgan fingerprint density at radius 3 is 2.61 bits per heavy atom. The number of rotatable bonds is 4. The van der Waals surface area contributed by atoms with Crippen molar-refractivity contribution >= 4 is 23.4 Å². The minimum Gasteiger partial charge on any atom is -0.453 e. The van der Waals surface area contributed by atoms with Crippen molar-refractivity contribution in [3.05, 3.63) is 53.8 Å². The van der Waals surface area contributed by atoms with Gasteiger partial charge in [0.1, 0.15) is 5.75 Å². The van der Waals surface area contributed by atoms with Crippen LogP contribution in [-0.4, -0.2) is 6.26 Å². The molecule has 0 N–H and O–H groups in total. The van der Waals surface area contributed by atoms with Crippen LogP contribution in [0.3, 0.4) is 0 Å². The third-order valence-corrected chi connectivity index (χ3v) is 3.53. The number of alkyl halides is 1.